The van der Waals surface area contributed by atoms with Crippen molar-refractivity contribution in [2.45, 2.75) is 33.1 Å². The standard InChI is InChI=1S/C10H19NO3S/c1-3-7-15(13,14)11-6-4-5-10(8-11)9(2)12/h10H,3-8H2,1-2H3. The topological polar surface area (TPSA) is 54.5 Å². The molecule has 1 aliphatic heterocycles. The van der Waals surface area contributed by atoms with Gasteiger partial charge in [-0.3, -0.25) is 4.79 Å². The third-order valence-electron chi connectivity index (χ3n) is 2.81. The first kappa shape index (κ1) is 12.6. The molecule has 0 aromatic carbocycles. The lowest BCUT2D eigenvalue weighted by molar-refractivity contribution is -0.121. The van der Waals surface area contributed by atoms with Crippen LogP contribution in [-0.4, -0.2) is 37.3 Å². The highest BCUT2D eigenvalue weighted by Gasteiger charge is 2.29. The van der Waals surface area contributed by atoms with E-state index in [2.05, 4.69) is 0 Å². The summed E-state index contributed by atoms with van der Waals surface area (Å²) >= 11 is 0. The monoisotopic (exact) mass is 233 g/mol. The third-order valence-corrected chi connectivity index (χ3v) is 4.86. The molecule has 0 aliphatic carbocycles. The van der Waals surface area contributed by atoms with Crippen LogP contribution < -0.4 is 0 Å². The van der Waals surface area contributed by atoms with Crippen LogP contribution in [0.2, 0.25) is 0 Å². The van der Waals surface area contributed by atoms with Crippen LogP contribution in [0.4, 0.5) is 0 Å². The molecule has 15 heavy (non-hydrogen) atoms. The van der Waals surface area contributed by atoms with Gasteiger partial charge in [0.15, 0.2) is 0 Å². The summed E-state index contributed by atoms with van der Waals surface area (Å²) in [5.41, 5.74) is 0. The van der Waals surface area contributed by atoms with Gasteiger partial charge in [0, 0.05) is 19.0 Å². The van der Waals surface area contributed by atoms with Crippen molar-refractivity contribution in [1.29, 1.82) is 0 Å². The molecule has 1 unspecified atom stereocenters. The molecular weight excluding hydrogens is 214 g/mol. The molecule has 0 aromatic rings. The summed E-state index contributed by atoms with van der Waals surface area (Å²) < 4.78 is 25.0. The number of rotatable bonds is 4. The predicted octanol–water partition coefficient (Wildman–Crippen LogP) is 1.03. The van der Waals surface area contributed by atoms with Crippen molar-refractivity contribution < 1.29 is 13.2 Å². The van der Waals surface area contributed by atoms with E-state index in [-0.39, 0.29) is 17.5 Å². The molecule has 0 N–H and O–H groups in total. The predicted molar refractivity (Wildman–Crippen MR) is 59.1 cm³/mol. The number of hydrogen-bond donors (Lipinski definition) is 0. The summed E-state index contributed by atoms with van der Waals surface area (Å²) in [6.07, 6.45) is 2.25. The summed E-state index contributed by atoms with van der Waals surface area (Å²) in [6, 6.07) is 0. The normalized spacial score (nSPS) is 24.0. The summed E-state index contributed by atoms with van der Waals surface area (Å²) in [5.74, 6) is 0.203. The molecule has 1 saturated heterocycles. The van der Waals surface area contributed by atoms with E-state index in [4.69, 9.17) is 0 Å². The Morgan fingerprint density at radius 2 is 2.13 bits per heavy atom. The summed E-state index contributed by atoms with van der Waals surface area (Å²) in [4.78, 5) is 11.2. The fraction of sp³-hybridized carbons (Fsp3) is 0.900. The molecule has 1 fully saturated rings. The van der Waals surface area contributed by atoms with Gasteiger partial charge in [0.05, 0.1) is 5.75 Å². The molecule has 5 heteroatoms. The molecular formula is C10H19NO3S. The van der Waals surface area contributed by atoms with Gasteiger partial charge in [-0.1, -0.05) is 6.92 Å². The number of nitrogens with zero attached hydrogens (tertiary/aromatic N) is 1. The molecule has 0 saturated carbocycles. The SMILES string of the molecule is CCCS(=O)(=O)N1CCCC(C(C)=O)C1. The van der Waals surface area contributed by atoms with E-state index in [0.29, 0.717) is 19.5 Å². The molecule has 4 nitrogen and oxygen atoms in total. The Balaban J connectivity index is 2.67. The maximum absolute atomic E-state index is 11.8. The first-order valence-corrected chi connectivity index (χ1v) is 7.06. The lowest BCUT2D eigenvalue weighted by atomic mass is 9.96. The van der Waals surface area contributed by atoms with E-state index < -0.39 is 10.0 Å². The fourth-order valence-electron chi connectivity index (χ4n) is 1.91. The molecule has 0 radical (unpaired) electrons. The maximum Gasteiger partial charge on any atom is 0.214 e. The van der Waals surface area contributed by atoms with Gasteiger partial charge >= 0.3 is 0 Å². The number of carbonyl (C=O) groups excluding carboxylic acids is 1. The molecule has 1 aliphatic rings. The summed E-state index contributed by atoms with van der Waals surface area (Å²) in [6.45, 7) is 4.36. The van der Waals surface area contributed by atoms with Crippen molar-refractivity contribution in [3.8, 4) is 0 Å². The largest absolute Gasteiger partial charge is 0.300 e. The van der Waals surface area contributed by atoms with Crippen LogP contribution in [0.25, 0.3) is 0 Å². The minimum Gasteiger partial charge on any atom is -0.300 e. The van der Waals surface area contributed by atoms with Gasteiger partial charge in [0.1, 0.15) is 5.78 Å². The van der Waals surface area contributed by atoms with Crippen molar-refractivity contribution in [3.63, 3.8) is 0 Å². The lowest BCUT2D eigenvalue weighted by Crippen LogP contribution is -2.42. The highest BCUT2D eigenvalue weighted by Crippen LogP contribution is 2.20. The van der Waals surface area contributed by atoms with E-state index in [1.807, 2.05) is 6.92 Å². The Kier molecular flexibility index (Phi) is 4.28. The van der Waals surface area contributed by atoms with Crippen molar-refractivity contribution in [1.82, 2.24) is 4.31 Å². The van der Waals surface area contributed by atoms with E-state index in [0.717, 1.165) is 12.8 Å². The van der Waals surface area contributed by atoms with Crippen LogP contribution >= 0.6 is 0 Å². The number of piperidine rings is 1. The van der Waals surface area contributed by atoms with Crippen LogP contribution in [0.3, 0.4) is 0 Å². The van der Waals surface area contributed by atoms with E-state index >= 15 is 0 Å². The molecule has 0 bridgehead atoms. The smallest absolute Gasteiger partial charge is 0.214 e. The van der Waals surface area contributed by atoms with Crippen LogP contribution in [0.5, 0.6) is 0 Å². The Hall–Kier alpha value is -0.420. The van der Waals surface area contributed by atoms with Gasteiger partial charge < -0.3 is 0 Å². The number of ketones is 1. The van der Waals surface area contributed by atoms with Gasteiger partial charge in [-0.15, -0.1) is 0 Å². The molecule has 1 rings (SSSR count). The number of Topliss-reactive ketones (excluding diaryl/α,β-unsaturated/α-hetero) is 1. The van der Waals surface area contributed by atoms with E-state index in [1.165, 1.54) is 4.31 Å². The Bertz CT molecular complexity index is 324. The number of sulfonamides is 1. The van der Waals surface area contributed by atoms with E-state index in [1.54, 1.807) is 6.92 Å². The minimum absolute atomic E-state index is 0.0922. The van der Waals surface area contributed by atoms with Crippen LogP contribution in [-0.2, 0) is 14.8 Å². The molecule has 88 valence electrons. The quantitative estimate of drug-likeness (QED) is 0.728. The average molecular weight is 233 g/mol. The number of carbonyl (C=O) groups is 1. The Morgan fingerprint density at radius 1 is 1.47 bits per heavy atom. The zero-order chi connectivity index (χ0) is 11.5. The van der Waals surface area contributed by atoms with Gasteiger partial charge in [0.2, 0.25) is 10.0 Å². The molecule has 0 spiro atoms. The molecule has 0 amide bonds. The zero-order valence-electron chi connectivity index (χ0n) is 9.40. The van der Waals surface area contributed by atoms with Gasteiger partial charge in [-0.05, 0) is 26.2 Å². The molecule has 1 atom stereocenters. The van der Waals surface area contributed by atoms with E-state index in [9.17, 15) is 13.2 Å². The maximum atomic E-state index is 11.8. The third kappa shape index (κ3) is 3.28. The van der Waals surface area contributed by atoms with Crippen LogP contribution in [0, 0.1) is 5.92 Å². The average Bonchev–Trinajstić information content (AvgIpc) is 2.18. The second kappa shape index (κ2) is 5.07. The first-order valence-electron chi connectivity index (χ1n) is 5.45. The highest BCUT2D eigenvalue weighted by molar-refractivity contribution is 7.89. The lowest BCUT2D eigenvalue weighted by Gasteiger charge is -2.30. The summed E-state index contributed by atoms with van der Waals surface area (Å²) in [5, 5.41) is 0. The second-order valence-electron chi connectivity index (χ2n) is 4.12. The first-order chi connectivity index (χ1) is 6.97. The van der Waals surface area contributed by atoms with Crippen molar-refractivity contribution >= 4 is 15.8 Å². The van der Waals surface area contributed by atoms with Crippen molar-refractivity contribution in [2.24, 2.45) is 5.92 Å². The van der Waals surface area contributed by atoms with Crippen molar-refractivity contribution in [2.75, 3.05) is 18.8 Å². The van der Waals surface area contributed by atoms with Crippen molar-refractivity contribution in [3.05, 3.63) is 0 Å². The van der Waals surface area contributed by atoms with Gasteiger partial charge in [-0.25, -0.2) is 12.7 Å². The molecule has 1 heterocycles. The highest BCUT2D eigenvalue weighted by atomic mass is 32.2. The Morgan fingerprint density at radius 3 is 2.67 bits per heavy atom. The zero-order valence-corrected chi connectivity index (χ0v) is 10.2. The van der Waals surface area contributed by atoms with Gasteiger partial charge in [-0.2, -0.15) is 0 Å². The van der Waals surface area contributed by atoms with Crippen LogP contribution in [0.1, 0.15) is 33.1 Å². The minimum atomic E-state index is -3.12. The second-order valence-corrected chi connectivity index (χ2v) is 6.21. The molecule has 0 aromatic heterocycles. The van der Waals surface area contributed by atoms with Crippen LogP contribution in [0.15, 0.2) is 0 Å². The summed E-state index contributed by atoms with van der Waals surface area (Å²) in [7, 11) is -3.12. The Labute approximate surface area is 91.7 Å². The van der Waals surface area contributed by atoms with Gasteiger partial charge in [0.25, 0.3) is 0 Å². The number of hydrogen-bond acceptors (Lipinski definition) is 3. The fourth-order valence-corrected chi connectivity index (χ4v) is 3.50.